The summed E-state index contributed by atoms with van der Waals surface area (Å²) in [4.78, 5) is 14.8. The molecule has 5 nitrogen and oxygen atoms in total. The Bertz CT molecular complexity index is 691. The number of ketones is 1. The maximum Gasteiger partial charge on any atom is 0.231 e. The first-order valence-electron chi connectivity index (χ1n) is 8.86. The molecule has 1 atom stereocenters. The highest BCUT2D eigenvalue weighted by atomic mass is 16.7. The quantitative estimate of drug-likeness (QED) is 0.737. The van der Waals surface area contributed by atoms with Gasteiger partial charge in [0.25, 0.3) is 0 Å². The summed E-state index contributed by atoms with van der Waals surface area (Å²) in [5.41, 5.74) is 3.53. The first-order valence-corrected chi connectivity index (χ1v) is 8.86. The Balaban J connectivity index is 1.86. The van der Waals surface area contributed by atoms with E-state index in [0.29, 0.717) is 18.6 Å². The fourth-order valence-corrected chi connectivity index (χ4v) is 3.62. The van der Waals surface area contributed by atoms with Gasteiger partial charge in [-0.15, -0.1) is 0 Å². The number of allylic oxidation sites excluding steroid dienone is 2. The van der Waals surface area contributed by atoms with Crippen molar-refractivity contribution in [2.24, 2.45) is 0 Å². The molecule has 0 aliphatic carbocycles. The largest absolute Gasteiger partial charge is 0.492 e. The molecule has 0 unspecified atom stereocenters. The van der Waals surface area contributed by atoms with Crippen LogP contribution in [0.5, 0.6) is 17.2 Å². The van der Waals surface area contributed by atoms with Gasteiger partial charge in [0.1, 0.15) is 5.78 Å². The molecule has 0 fully saturated rings. The minimum Gasteiger partial charge on any atom is -0.492 e. The van der Waals surface area contributed by atoms with E-state index < -0.39 is 0 Å². The molecule has 3 rings (SSSR count). The van der Waals surface area contributed by atoms with Crippen molar-refractivity contribution in [2.45, 2.75) is 45.6 Å². The summed E-state index contributed by atoms with van der Waals surface area (Å²) in [5, 5.41) is 0. The number of fused-ring (bicyclic) bond motifs is 2. The summed E-state index contributed by atoms with van der Waals surface area (Å²) >= 11 is 0. The van der Waals surface area contributed by atoms with E-state index in [4.69, 9.17) is 14.2 Å². The van der Waals surface area contributed by atoms with E-state index in [2.05, 4.69) is 31.9 Å². The zero-order valence-electron chi connectivity index (χ0n) is 15.6. The molecule has 5 heteroatoms. The standard InChI is InChI=1S/C20H27NO4/c1-13(2)6-5-7-15(22)11-16-18-14(8-9-21(16)3)10-17-19(20(18)23-4)25-12-24-17/h6,10,16H,5,7-9,11-12H2,1-4H3/t16-/m1/s1. The van der Waals surface area contributed by atoms with Gasteiger partial charge in [-0.05, 0) is 45.4 Å². The number of nitrogens with zero attached hydrogens (tertiary/aromatic N) is 1. The van der Waals surface area contributed by atoms with Crippen molar-refractivity contribution < 1.29 is 19.0 Å². The fourth-order valence-electron chi connectivity index (χ4n) is 3.62. The topological polar surface area (TPSA) is 48.0 Å². The van der Waals surface area contributed by atoms with E-state index in [9.17, 15) is 4.79 Å². The van der Waals surface area contributed by atoms with E-state index >= 15 is 0 Å². The Morgan fingerprint density at radius 1 is 1.40 bits per heavy atom. The minimum absolute atomic E-state index is 0.0207. The van der Waals surface area contributed by atoms with Crippen LogP contribution in [0, 0.1) is 0 Å². The third-order valence-corrected chi connectivity index (χ3v) is 4.94. The number of hydrogen-bond donors (Lipinski definition) is 0. The second kappa shape index (κ2) is 7.48. The first-order chi connectivity index (χ1) is 12.0. The van der Waals surface area contributed by atoms with Crippen LogP contribution in [0.15, 0.2) is 17.7 Å². The molecule has 1 aromatic carbocycles. The highest BCUT2D eigenvalue weighted by Crippen LogP contribution is 2.50. The highest BCUT2D eigenvalue weighted by molar-refractivity contribution is 5.80. The van der Waals surface area contributed by atoms with Crippen molar-refractivity contribution in [3.8, 4) is 17.2 Å². The lowest BCUT2D eigenvalue weighted by Crippen LogP contribution is -2.34. The summed E-state index contributed by atoms with van der Waals surface area (Å²) < 4.78 is 16.8. The van der Waals surface area contributed by atoms with Crippen molar-refractivity contribution in [1.29, 1.82) is 0 Å². The number of methoxy groups -OCH3 is 1. The van der Waals surface area contributed by atoms with Gasteiger partial charge in [0.15, 0.2) is 11.5 Å². The van der Waals surface area contributed by atoms with Gasteiger partial charge in [-0.3, -0.25) is 9.69 Å². The van der Waals surface area contributed by atoms with Gasteiger partial charge >= 0.3 is 0 Å². The van der Waals surface area contributed by atoms with E-state index in [-0.39, 0.29) is 18.6 Å². The molecule has 0 aromatic heterocycles. The Kier molecular flexibility index (Phi) is 5.33. The Labute approximate surface area is 149 Å². The normalized spacial score (nSPS) is 18.6. The number of likely N-dealkylation sites (N-methyl/N-ethyl adjacent to an activating group) is 1. The van der Waals surface area contributed by atoms with E-state index in [1.54, 1.807) is 7.11 Å². The molecule has 0 spiro atoms. The molecule has 2 aliphatic rings. The van der Waals surface area contributed by atoms with Crippen LogP contribution < -0.4 is 14.2 Å². The average molecular weight is 345 g/mol. The summed E-state index contributed by atoms with van der Waals surface area (Å²) in [7, 11) is 3.72. The summed E-state index contributed by atoms with van der Waals surface area (Å²) in [6.45, 7) is 5.25. The molecule has 0 amide bonds. The van der Waals surface area contributed by atoms with Crippen molar-refractivity contribution in [1.82, 2.24) is 4.90 Å². The van der Waals surface area contributed by atoms with E-state index in [1.165, 1.54) is 11.1 Å². The van der Waals surface area contributed by atoms with Gasteiger partial charge in [-0.25, -0.2) is 0 Å². The molecular formula is C20H27NO4. The van der Waals surface area contributed by atoms with E-state index in [0.717, 1.165) is 36.4 Å². The van der Waals surface area contributed by atoms with Crippen molar-refractivity contribution in [3.63, 3.8) is 0 Å². The number of Topliss-reactive ketones (excluding diaryl/α,β-unsaturated/α-hetero) is 1. The number of ether oxygens (including phenoxy) is 3. The number of carbonyl (C=O) groups excluding carboxylic acids is 1. The molecule has 2 aliphatic heterocycles. The lowest BCUT2D eigenvalue weighted by atomic mass is 9.88. The third-order valence-electron chi connectivity index (χ3n) is 4.94. The fraction of sp³-hybridized carbons (Fsp3) is 0.550. The predicted octanol–water partition coefficient (Wildman–Crippen LogP) is 3.66. The average Bonchev–Trinajstić information content (AvgIpc) is 3.03. The van der Waals surface area contributed by atoms with Crippen LogP contribution in [0.2, 0.25) is 0 Å². The van der Waals surface area contributed by atoms with E-state index in [1.807, 2.05) is 6.07 Å². The Morgan fingerprint density at radius 3 is 2.92 bits per heavy atom. The zero-order valence-corrected chi connectivity index (χ0v) is 15.6. The maximum atomic E-state index is 12.5. The van der Waals surface area contributed by atoms with Crippen LogP contribution >= 0.6 is 0 Å². The van der Waals surface area contributed by atoms with Crippen molar-refractivity contribution in [2.75, 3.05) is 27.5 Å². The van der Waals surface area contributed by atoms with Crippen molar-refractivity contribution in [3.05, 3.63) is 28.8 Å². The molecule has 0 N–H and O–H groups in total. The maximum absolute atomic E-state index is 12.5. The molecule has 0 saturated carbocycles. The summed E-state index contributed by atoms with van der Waals surface area (Å²) in [5.74, 6) is 2.41. The second-order valence-corrected chi connectivity index (χ2v) is 7.03. The molecule has 0 saturated heterocycles. The smallest absolute Gasteiger partial charge is 0.231 e. The number of carbonyl (C=O) groups is 1. The molecular weight excluding hydrogens is 318 g/mol. The van der Waals surface area contributed by atoms with Gasteiger partial charge < -0.3 is 14.2 Å². The lowest BCUT2D eigenvalue weighted by molar-refractivity contribution is -0.120. The van der Waals surface area contributed by atoms with Crippen LogP contribution in [0.1, 0.15) is 50.3 Å². The van der Waals surface area contributed by atoms with Gasteiger partial charge in [0.05, 0.1) is 7.11 Å². The first kappa shape index (κ1) is 17.8. The Hall–Kier alpha value is -2.01. The molecule has 2 heterocycles. The molecule has 25 heavy (non-hydrogen) atoms. The highest BCUT2D eigenvalue weighted by Gasteiger charge is 2.34. The van der Waals surface area contributed by atoms with Crippen LogP contribution in [0.3, 0.4) is 0 Å². The Morgan fingerprint density at radius 2 is 2.20 bits per heavy atom. The second-order valence-electron chi connectivity index (χ2n) is 7.03. The number of benzene rings is 1. The van der Waals surface area contributed by atoms with Gasteiger partial charge in [0.2, 0.25) is 12.5 Å². The summed E-state index contributed by atoms with van der Waals surface area (Å²) in [6.07, 6.45) is 4.92. The van der Waals surface area contributed by atoms with Crippen LogP contribution in [-0.2, 0) is 11.2 Å². The van der Waals surface area contributed by atoms with Gasteiger partial charge in [-0.1, -0.05) is 11.6 Å². The van der Waals surface area contributed by atoms with Crippen molar-refractivity contribution >= 4 is 5.78 Å². The molecule has 136 valence electrons. The molecule has 0 bridgehead atoms. The van der Waals surface area contributed by atoms with Crippen LogP contribution in [-0.4, -0.2) is 38.2 Å². The third kappa shape index (κ3) is 3.66. The predicted molar refractivity (Wildman–Crippen MR) is 96.5 cm³/mol. The molecule has 0 radical (unpaired) electrons. The zero-order chi connectivity index (χ0) is 18.0. The van der Waals surface area contributed by atoms with Gasteiger partial charge in [0, 0.05) is 31.0 Å². The molecule has 1 aromatic rings. The lowest BCUT2D eigenvalue weighted by Gasteiger charge is -2.35. The van der Waals surface area contributed by atoms with Crippen LogP contribution in [0.4, 0.5) is 0 Å². The minimum atomic E-state index is 0.0207. The number of hydrogen-bond acceptors (Lipinski definition) is 5. The number of rotatable bonds is 6. The van der Waals surface area contributed by atoms with Crippen LogP contribution in [0.25, 0.3) is 0 Å². The SMILES string of the molecule is COc1c2c(cc3c1[C@@H](CC(=O)CCC=C(C)C)N(C)CC3)OCO2. The summed E-state index contributed by atoms with van der Waals surface area (Å²) in [6, 6.07) is 2.07. The van der Waals surface area contributed by atoms with Gasteiger partial charge in [-0.2, -0.15) is 0 Å². The monoisotopic (exact) mass is 345 g/mol.